The molecule has 3 aromatic rings. The fourth-order valence-electron chi connectivity index (χ4n) is 4.06. The first-order chi connectivity index (χ1) is 15.4. The van der Waals surface area contributed by atoms with Crippen LogP contribution in [0.15, 0.2) is 77.7 Å². The van der Waals surface area contributed by atoms with Crippen molar-refractivity contribution in [2.75, 3.05) is 6.54 Å². The molecule has 7 heteroatoms. The predicted molar refractivity (Wildman–Crippen MR) is 121 cm³/mol. The first kappa shape index (κ1) is 22.2. The normalized spacial score (nSPS) is 16.4. The van der Waals surface area contributed by atoms with E-state index in [4.69, 9.17) is 0 Å². The number of carbonyl (C=O) groups excluding carboxylic acids is 1. The van der Waals surface area contributed by atoms with Crippen LogP contribution in [-0.4, -0.2) is 25.2 Å². The quantitative estimate of drug-likeness (QED) is 0.612. The van der Waals surface area contributed by atoms with Crippen molar-refractivity contribution in [2.24, 2.45) is 0 Å². The van der Waals surface area contributed by atoms with Crippen LogP contribution >= 0.6 is 0 Å². The highest BCUT2D eigenvalue weighted by Gasteiger charge is 2.37. The van der Waals surface area contributed by atoms with E-state index in [0.29, 0.717) is 18.5 Å². The number of benzene rings is 3. The molecule has 0 saturated carbocycles. The minimum atomic E-state index is -3.80. The number of rotatable bonds is 6. The molecule has 1 N–H and O–H groups in total. The molecule has 0 aromatic heterocycles. The van der Waals surface area contributed by atoms with Crippen molar-refractivity contribution in [2.45, 2.75) is 37.2 Å². The number of aryl methyl sites for hydroxylation is 1. The molecule has 0 unspecified atom stereocenters. The Morgan fingerprint density at radius 2 is 1.72 bits per heavy atom. The Morgan fingerprint density at radius 3 is 2.47 bits per heavy atom. The molecule has 4 rings (SSSR count). The summed E-state index contributed by atoms with van der Waals surface area (Å²) in [5.74, 6) is -0.724. The van der Waals surface area contributed by atoms with Crippen LogP contribution in [0.1, 0.15) is 34.7 Å². The van der Waals surface area contributed by atoms with E-state index in [-0.39, 0.29) is 29.6 Å². The standard InChI is InChI=1S/C25H25FN2O3S/c1-18-10-12-21(13-11-18)32(30,31)28-15-14-19-6-2-4-8-22(19)24(28)16-25(29)27-17-20-7-3-5-9-23(20)26/h2-13,24H,14-17H2,1H3,(H,27,29)/t24-/m1/s1. The van der Waals surface area contributed by atoms with Gasteiger partial charge in [-0.1, -0.05) is 60.2 Å². The van der Waals surface area contributed by atoms with Crippen molar-refractivity contribution >= 4 is 15.9 Å². The third-order valence-corrected chi connectivity index (χ3v) is 7.73. The monoisotopic (exact) mass is 452 g/mol. The molecule has 0 radical (unpaired) electrons. The highest BCUT2D eigenvalue weighted by molar-refractivity contribution is 7.89. The van der Waals surface area contributed by atoms with Crippen LogP contribution in [0.25, 0.3) is 0 Å². The van der Waals surface area contributed by atoms with Crippen molar-refractivity contribution in [3.05, 3.63) is 101 Å². The molecule has 1 atom stereocenters. The van der Waals surface area contributed by atoms with Gasteiger partial charge in [0.15, 0.2) is 0 Å². The summed E-state index contributed by atoms with van der Waals surface area (Å²) < 4.78 is 42.2. The Bertz CT molecular complexity index is 1230. The van der Waals surface area contributed by atoms with E-state index in [1.54, 1.807) is 42.5 Å². The molecular weight excluding hydrogens is 427 g/mol. The lowest BCUT2D eigenvalue weighted by Crippen LogP contribution is -2.42. The van der Waals surface area contributed by atoms with Gasteiger partial charge in [-0.15, -0.1) is 0 Å². The highest BCUT2D eigenvalue weighted by atomic mass is 32.2. The summed E-state index contributed by atoms with van der Waals surface area (Å²) in [6.07, 6.45) is 0.533. The minimum absolute atomic E-state index is 0.0451. The van der Waals surface area contributed by atoms with Gasteiger partial charge < -0.3 is 5.32 Å². The largest absolute Gasteiger partial charge is 0.352 e. The first-order valence-electron chi connectivity index (χ1n) is 10.5. The fourth-order valence-corrected chi connectivity index (χ4v) is 5.66. The number of hydrogen-bond donors (Lipinski definition) is 1. The van der Waals surface area contributed by atoms with Gasteiger partial charge in [-0.25, -0.2) is 12.8 Å². The molecular formula is C25H25FN2O3S. The van der Waals surface area contributed by atoms with Crippen LogP contribution in [0.4, 0.5) is 4.39 Å². The van der Waals surface area contributed by atoms with Crippen molar-refractivity contribution in [3.63, 3.8) is 0 Å². The fraction of sp³-hybridized carbons (Fsp3) is 0.240. The molecule has 0 fully saturated rings. The molecule has 0 saturated heterocycles. The second kappa shape index (κ2) is 9.22. The van der Waals surface area contributed by atoms with Crippen LogP contribution in [0.3, 0.4) is 0 Å². The zero-order valence-electron chi connectivity index (χ0n) is 17.8. The summed E-state index contributed by atoms with van der Waals surface area (Å²) >= 11 is 0. The van der Waals surface area contributed by atoms with Crippen LogP contribution in [0.5, 0.6) is 0 Å². The van der Waals surface area contributed by atoms with Crippen LogP contribution in [-0.2, 0) is 27.8 Å². The molecule has 0 spiro atoms. The van der Waals surface area contributed by atoms with Gasteiger partial charge in [0, 0.05) is 25.1 Å². The molecule has 1 aliphatic heterocycles. The van der Waals surface area contributed by atoms with Crippen LogP contribution < -0.4 is 5.32 Å². The summed E-state index contributed by atoms with van der Waals surface area (Å²) in [5.41, 5.74) is 3.22. The number of fused-ring (bicyclic) bond motifs is 1. The van der Waals surface area contributed by atoms with Gasteiger partial charge in [0.2, 0.25) is 15.9 Å². The van der Waals surface area contributed by atoms with E-state index in [1.165, 1.54) is 10.4 Å². The lowest BCUT2D eigenvalue weighted by molar-refractivity contribution is -0.122. The van der Waals surface area contributed by atoms with E-state index in [0.717, 1.165) is 16.7 Å². The molecule has 0 aliphatic carbocycles. The summed E-state index contributed by atoms with van der Waals surface area (Å²) in [5, 5.41) is 2.74. The lowest BCUT2D eigenvalue weighted by atomic mass is 9.92. The van der Waals surface area contributed by atoms with Crippen molar-refractivity contribution in [3.8, 4) is 0 Å². The number of nitrogens with zero attached hydrogens (tertiary/aromatic N) is 1. The number of halogens is 1. The third kappa shape index (κ3) is 4.59. The summed E-state index contributed by atoms with van der Waals surface area (Å²) in [6.45, 7) is 2.24. The SMILES string of the molecule is Cc1ccc(S(=O)(=O)N2CCc3ccccc3[C@H]2CC(=O)NCc2ccccc2F)cc1. The second-order valence-electron chi connectivity index (χ2n) is 7.97. The molecule has 1 aliphatic rings. The van der Waals surface area contributed by atoms with Gasteiger partial charge in [-0.2, -0.15) is 4.31 Å². The molecule has 1 amide bonds. The topological polar surface area (TPSA) is 66.5 Å². The van der Waals surface area contributed by atoms with Gasteiger partial charge >= 0.3 is 0 Å². The number of carbonyl (C=O) groups is 1. The summed E-state index contributed by atoms with van der Waals surface area (Å²) in [6, 6.07) is 20.0. The number of nitrogens with one attached hydrogen (secondary N) is 1. The Morgan fingerprint density at radius 1 is 1.03 bits per heavy atom. The van der Waals surface area contributed by atoms with Gasteiger partial charge in [-0.3, -0.25) is 4.79 Å². The highest BCUT2D eigenvalue weighted by Crippen LogP contribution is 2.36. The van der Waals surface area contributed by atoms with Crippen molar-refractivity contribution in [1.82, 2.24) is 9.62 Å². The molecule has 1 heterocycles. The Labute approximate surface area is 187 Å². The Balaban J connectivity index is 1.60. The van der Waals surface area contributed by atoms with Crippen molar-refractivity contribution < 1.29 is 17.6 Å². The molecule has 32 heavy (non-hydrogen) atoms. The summed E-state index contributed by atoms with van der Waals surface area (Å²) in [4.78, 5) is 13.0. The van der Waals surface area contributed by atoms with E-state index in [9.17, 15) is 17.6 Å². The maximum Gasteiger partial charge on any atom is 0.243 e. The average molecular weight is 453 g/mol. The van der Waals surface area contributed by atoms with Gasteiger partial charge in [0.1, 0.15) is 5.82 Å². The van der Waals surface area contributed by atoms with E-state index >= 15 is 0 Å². The summed E-state index contributed by atoms with van der Waals surface area (Å²) in [7, 11) is -3.80. The second-order valence-corrected chi connectivity index (χ2v) is 9.86. The lowest BCUT2D eigenvalue weighted by Gasteiger charge is -2.36. The number of amides is 1. The van der Waals surface area contributed by atoms with Crippen LogP contribution in [0.2, 0.25) is 0 Å². The third-order valence-electron chi connectivity index (χ3n) is 5.80. The van der Waals surface area contributed by atoms with Crippen molar-refractivity contribution in [1.29, 1.82) is 0 Å². The maximum atomic E-state index is 13.9. The molecule has 166 valence electrons. The Kier molecular flexibility index (Phi) is 6.39. The van der Waals surface area contributed by atoms with E-state index < -0.39 is 16.1 Å². The zero-order valence-corrected chi connectivity index (χ0v) is 18.6. The smallest absolute Gasteiger partial charge is 0.243 e. The number of hydrogen-bond acceptors (Lipinski definition) is 3. The van der Waals surface area contributed by atoms with Gasteiger partial charge in [-0.05, 0) is 42.7 Å². The van der Waals surface area contributed by atoms with Gasteiger partial charge in [0.05, 0.1) is 10.9 Å². The minimum Gasteiger partial charge on any atom is -0.352 e. The maximum absolute atomic E-state index is 13.9. The average Bonchev–Trinajstić information content (AvgIpc) is 2.79. The van der Waals surface area contributed by atoms with E-state index in [2.05, 4.69) is 5.32 Å². The number of sulfonamides is 1. The zero-order chi connectivity index (χ0) is 22.7. The molecule has 5 nitrogen and oxygen atoms in total. The Hall–Kier alpha value is -3.03. The van der Waals surface area contributed by atoms with E-state index in [1.807, 2.05) is 31.2 Å². The van der Waals surface area contributed by atoms with Crippen LogP contribution in [0, 0.1) is 12.7 Å². The first-order valence-corrected chi connectivity index (χ1v) is 12.0. The predicted octanol–water partition coefficient (Wildman–Crippen LogP) is 4.13. The van der Waals surface area contributed by atoms with Gasteiger partial charge in [0.25, 0.3) is 0 Å². The molecule has 3 aromatic carbocycles. The molecule has 0 bridgehead atoms.